The molecule has 0 bridgehead atoms. The van der Waals surface area contributed by atoms with E-state index < -0.39 is 29.1 Å². The van der Waals surface area contributed by atoms with Gasteiger partial charge in [-0.25, -0.2) is 4.79 Å². The van der Waals surface area contributed by atoms with E-state index >= 15 is 0 Å². The predicted octanol–water partition coefficient (Wildman–Crippen LogP) is 6.22. The van der Waals surface area contributed by atoms with E-state index in [0.29, 0.717) is 6.54 Å². The molecule has 1 N–H and O–H groups in total. The fourth-order valence-corrected chi connectivity index (χ4v) is 4.95. The maximum Gasteiger partial charge on any atom is 0.453 e. The Morgan fingerprint density at radius 2 is 1.93 bits per heavy atom. The van der Waals surface area contributed by atoms with Crippen molar-refractivity contribution < 1.29 is 37.0 Å². The first kappa shape index (κ1) is 27.2. The van der Waals surface area contributed by atoms with Crippen LogP contribution >= 0.6 is 0 Å². The number of pyridine rings is 1. The molecule has 0 amide bonds. The Labute approximate surface area is 226 Å². The molecule has 1 aliphatic rings. The number of esters is 1. The van der Waals surface area contributed by atoms with Gasteiger partial charge in [0.25, 0.3) is 5.76 Å². The van der Waals surface area contributed by atoms with Gasteiger partial charge in [0.1, 0.15) is 17.1 Å². The molecule has 0 radical (unpaired) electrons. The fourth-order valence-electron chi connectivity index (χ4n) is 4.95. The summed E-state index contributed by atoms with van der Waals surface area (Å²) in [6.45, 7) is 0.687. The summed E-state index contributed by atoms with van der Waals surface area (Å²) in [6, 6.07) is 11.2. The quantitative estimate of drug-likeness (QED) is 0.281. The number of carbonyl (C=O) groups is 1. The van der Waals surface area contributed by atoms with E-state index in [4.69, 9.17) is 9.15 Å². The lowest BCUT2D eigenvalue weighted by Gasteiger charge is -2.36. The molecule has 3 heterocycles. The van der Waals surface area contributed by atoms with Crippen LogP contribution in [0.15, 0.2) is 70.1 Å². The predicted molar refractivity (Wildman–Crippen MR) is 138 cm³/mol. The van der Waals surface area contributed by atoms with Crippen LogP contribution in [-0.2, 0) is 17.5 Å². The van der Waals surface area contributed by atoms with Crippen molar-refractivity contribution in [1.29, 1.82) is 0 Å². The highest BCUT2D eigenvalue weighted by molar-refractivity contribution is 5.89. The smallest absolute Gasteiger partial charge is 0.453 e. The van der Waals surface area contributed by atoms with Gasteiger partial charge in [-0.15, -0.1) is 0 Å². The molecule has 5 rings (SSSR count). The summed E-state index contributed by atoms with van der Waals surface area (Å²) in [5.74, 6) is -3.72. The van der Waals surface area contributed by atoms with E-state index in [-0.39, 0.29) is 46.2 Å². The molecule has 1 aliphatic heterocycles. The van der Waals surface area contributed by atoms with Crippen LogP contribution in [0.4, 0.5) is 13.2 Å². The Bertz CT molecular complexity index is 1590. The molecule has 2 aromatic carbocycles. The monoisotopic (exact) mass is 554 g/mol. The van der Waals surface area contributed by atoms with Crippen molar-refractivity contribution in [2.75, 3.05) is 13.7 Å². The first-order valence-corrected chi connectivity index (χ1v) is 12.6. The molecule has 8 nitrogen and oxygen atoms in total. The van der Waals surface area contributed by atoms with Gasteiger partial charge in [-0.05, 0) is 67.4 Å². The third kappa shape index (κ3) is 5.37. The van der Waals surface area contributed by atoms with Crippen LogP contribution in [-0.4, -0.2) is 34.6 Å². The molecule has 11 heteroatoms. The minimum Gasteiger partial charge on any atom is -0.507 e. The van der Waals surface area contributed by atoms with E-state index in [0.717, 1.165) is 24.8 Å². The summed E-state index contributed by atoms with van der Waals surface area (Å²) in [6.07, 6.45) is 0.963. The van der Waals surface area contributed by atoms with E-state index in [1.807, 2.05) is 17.0 Å². The van der Waals surface area contributed by atoms with Crippen LogP contribution in [0.5, 0.6) is 17.2 Å². The molecule has 0 unspecified atom stereocenters. The highest BCUT2D eigenvalue weighted by Crippen LogP contribution is 2.41. The maximum atomic E-state index is 14.2. The number of rotatable bonds is 6. The number of likely N-dealkylation sites (tertiary alicyclic amines) is 1. The Kier molecular flexibility index (Phi) is 7.49. The van der Waals surface area contributed by atoms with Crippen molar-refractivity contribution in [2.45, 2.75) is 38.0 Å². The zero-order valence-electron chi connectivity index (χ0n) is 21.4. The normalized spacial score (nSPS) is 16.1. The van der Waals surface area contributed by atoms with Gasteiger partial charge < -0.3 is 19.0 Å². The van der Waals surface area contributed by atoms with Crippen molar-refractivity contribution >= 4 is 16.9 Å². The van der Waals surface area contributed by atoms with Crippen LogP contribution in [0.25, 0.3) is 11.0 Å². The highest BCUT2D eigenvalue weighted by Gasteiger charge is 2.41. The summed E-state index contributed by atoms with van der Waals surface area (Å²) >= 11 is 0. The number of carbonyl (C=O) groups excluding carboxylic acids is 1. The van der Waals surface area contributed by atoms with Crippen molar-refractivity contribution in [3.05, 3.63) is 93.6 Å². The first-order valence-electron chi connectivity index (χ1n) is 12.6. The molecule has 1 saturated heterocycles. The second-order valence-corrected chi connectivity index (χ2v) is 9.41. The van der Waals surface area contributed by atoms with Gasteiger partial charge in [0, 0.05) is 25.0 Å². The molecule has 0 spiro atoms. The van der Waals surface area contributed by atoms with Gasteiger partial charge in [-0.3, -0.25) is 14.7 Å². The van der Waals surface area contributed by atoms with Gasteiger partial charge in [0.05, 0.1) is 23.6 Å². The van der Waals surface area contributed by atoms with Crippen molar-refractivity contribution in [3.63, 3.8) is 0 Å². The van der Waals surface area contributed by atoms with Crippen molar-refractivity contribution in [2.24, 2.45) is 0 Å². The fraction of sp³-hybridized carbons (Fsp3) is 0.276. The molecule has 0 saturated carbocycles. The molecule has 4 aromatic rings. The standard InChI is InChI=1S/C29H25F3N2O6/c1-38-28(37)17-7-9-19(10-8-17)39-26-24(36)20-11-12-23(35)21(25(20)40-27(26)29(30,31)32)16-34-14-3-2-6-22(34)18-5-4-13-33-15-18/h4-5,7-13,15,22,35H,2-3,6,14,16H2,1H3/t22-/m0/s1. The summed E-state index contributed by atoms with van der Waals surface area (Å²) < 4.78 is 57.9. The van der Waals surface area contributed by atoms with Crippen molar-refractivity contribution in [1.82, 2.24) is 9.88 Å². The molecule has 40 heavy (non-hydrogen) atoms. The number of piperidine rings is 1. The Hall–Kier alpha value is -4.38. The molecule has 1 atom stereocenters. The van der Waals surface area contributed by atoms with E-state index in [1.54, 1.807) is 12.4 Å². The van der Waals surface area contributed by atoms with E-state index in [1.165, 1.54) is 43.5 Å². The van der Waals surface area contributed by atoms with Crippen LogP contribution < -0.4 is 10.2 Å². The number of aromatic hydroxyl groups is 1. The second kappa shape index (κ2) is 11.0. The van der Waals surface area contributed by atoms with E-state index in [2.05, 4.69) is 9.72 Å². The number of methoxy groups -OCH3 is 1. The molecular formula is C29H25F3N2O6. The molecule has 0 aliphatic carbocycles. The number of ether oxygens (including phenoxy) is 2. The van der Waals surface area contributed by atoms with Crippen LogP contribution in [0.3, 0.4) is 0 Å². The number of alkyl halides is 3. The number of aromatic nitrogens is 1. The van der Waals surface area contributed by atoms with Crippen LogP contribution in [0.1, 0.15) is 52.5 Å². The average molecular weight is 555 g/mol. The average Bonchev–Trinajstić information content (AvgIpc) is 2.96. The number of hydrogen-bond acceptors (Lipinski definition) is 8. The molecule has 208 valence electrons. The number of nitrogens with zero attached hydrogens (tertiary/aromatic N) is 2. The summed E-state index contributed by atoms with van der Waals surface area (Å²) in [5, 5.41) is 10.6. The Balaban J connectivity index is 1.58. The number of phenolic OH excluding ortho intramolecular Hbond substituents is 1. The number of halogens is 3. The van der Waals surface area contributed by atoms with Gasteiger partial charge >= 0.3 is 12.1 Å². The second-order valence-electron chi connectivity index (χ2n) is 9.41. The lowest BCUT2D eigenvalue weighted by atomic mass is 9.95. The zero-order chi connectivity index (χ0) is 28.4. The minimum atomic E-state index is -5.08. The lowest BCUT2D eigenvalue weighted by Crippen LogP contribution is -2.33. The minimum absolute atomic E-state index is 0.0537. The summed E-state index contributed by atoms with van der Waals surface area (Å²) in [5.41, 5.74) is -0.229. The van der Waals surface area contributed by atoms with E-state index in [9.17, 15) is 27.9 Å². The largest absolute Gasteiger partial charge is 0.507 e. The Morgan fingerprint density at radius 3 is 2.60 bits per heavy atom. The maximum absolute atomic E-state index is 14.2. The molecular weight excluding hydrogens is 529 g/mol. The van der Waals surface area contributed by atoms with Crippen LogP contribution in [0, 0.1) is 0 Å². The van der Waals surface area contributed by atoms with Crippen molar-refractivity contribution in [3.8, 4) is 17.2 Å². The number of hydrogen-bond donors (Lipinski definition) is 1. The number of phenols is 1. The first-order chi connectivity index (χ1) is 19.2. The SMILES string of the molecule is COC(=O)c1ccc(Oc2c(C(F)(F)F)oc3c(CN4CCCC[C@H]4c4cccnc4)c(O)ccc3c2=O)cc1. The number of benzene rings is 2. The number of fused-ring (bicyclic) bond motifs is 1. The lowest BCUT2D eigenvalue weighted by molar-refractivity contribution is -0.154. The highest BCUT2D eigenvalue weighted by atomic mass is 19.4. The third-order valence-corrected chi connectivity index (χ3v) is 6.89. The van der Waals surface area contributed by atoms with Gasteiger partial charge in [-0.2, -0.15) is 13.2 Å². The molecule has 2 aromatic heterocycles. The van der Waals surface area contributed by atoms with Gasteiger partial charge in [0.2, 0.25) is 11.2 Å². The summed E-state index contributed by atoms with van der Waals surface area (Å²) in [4.78, 5) is 31.3. The van der Waals surface area contributed by atoms with Gasteiger partial charge in [0.15, 0.2) is 0 Å². The summed E-state index contributed by atoms with van der Waals surface area (Å²) in [7, 11) is 1.19. The Morgan fingerprint density at radius 1 is 1.15 bits per heavy atom. The third-order valence-electron chi connectivity index (χ3n) is 6.89. The van der Waals surface area contributed by atoms with Gasteiger partial charge in [-0.1, -0.05) is 12.5 Å². The molecule has 1 fully saturated rings. The topological polar surface area (TPSA) is 102 Å². The zero-order valence-corrected chi connectivity index (χ0v) is 21.4. The van der Waals surface area contributed by atoms with Crippen LogP contribution in [0.2, 0.25) is 0 Å².